The second-order valence-electron chi connectivity index (χ2n) is 3.62. The summed E-state index contributed by atoms with van der Waals surface area (Å²) in [4.78, 5) is 2.15. The van der Waals surface area contributed by atoms with Gasteiger partial charge in [0, 0.05) is 19.7 Å². The molecule has 1 N–H and O–H groups in total. The van der Waals surface area contributed by atoms with E-state index in [0.29, 0.717) is 5.56 Å². The molecule has 0 radical (unpaired) electrons. The predicted octanol–water partition coefficient (Wildman–Crippen LogP) is 1.37. The van der Waals surface area contributed by atoms with Gasteiger partial charge in [-0.2, -0.15) is 5.26 Å². The summed E-state index contributed by atoms with van der Waals surface area (Å²) < 4.78 is 0. The first-order valence-corrected chi connectivity index (χ1v) is 5.04. The van der Waals surface area contributed by atoms with Gasteiger partial charge >= 0.3 is 0 Å². The molecule has 0 aliphatic heterocycles. The number of benzene rings is 1. The van der Waals surface area contributed by atoms with Gasteiger partial charge in [0.2, 0.25) is 0 Å². The maximum atomic E-state index is 8.69. The van der Waals surface area contributed by atoms with Crippen molar-refractivity contribution in [3.8, 4) is 6.07 Å². The Morgan fingerprint density at radius 3 is 2.53 bits per heavy atom. The van der Waals surface area contributed by atoms with Crippen LogP contribution in [0, 0.1) is 11.3 Å². The molecule has 80 valence electrons. The van der Waals surface area contributed by atoms with Gasteiger partial charge in [0.25, 0.3) is 0 Å². The van der Waals surface area contributed by atoms with Crippen LogP contribution in [-0.4, -0.2) is 30.2 Å². The van der Waals surface area contributed by atoms with Gasteiger partial charge in [-0.05, 0) is 31.2 Å². The minimum atomic E-state index is 0.234. The number of nitriles is 1. The second kappa shape index (κ2) is 6.18. The molecule has 0 atom stereocenters. The van der Waals surface area contributed by atoms with Crippen molar-refractivity contribution < 1.29 is 5.11 Å². The van der Waals surface area contributed by atoms with Crippen molar-refractivity contribution in [2.24, 2.45) is 0 Å². The maximum absolute atomic E-state index is 8.69. The topological polar surface area (TPSA) is 47.3 Å². The first kappa shape index (κ1) is 11.7. The molecule has 3 heteroatoms. The molecule has 3 nitrogen and oxygen atoms in total. The van der Waals surface area contributed by atoms with Gasteiger partial charge in [-0.15, -0.1) is 0 Å². The molecule has 0 fully saturated rings. The summed E-state index contributed by atoms with van der Waals surface area (Å²) in [6.07, 6.45) is 0.798. The van der Waals surface area contributed by atoms with Crippen LogP contribution >= 0.6 is 0 Å². The summed E-state index contributed by atoms with van der Waals surface area (Å²) in [6.45, 7) is 1.97. The van der Waals surface area contributed by atoms with Crippen LogP contribution in [0.3, 0.4) is 0 Å². The molecule has 0 aliphatic carbocycles. The molecule has 0 bridgehead atoms. The first-order valence-electron chi connectivity index (χ1n) is 5.04. The highest BCUT2D eigenvalue weighted by Crippen LogP contribution is 2.06. The number of nitrogens with zero attached hydrogens (tertiary/aromatic N) is 2. The smallest absolute Gasteiger partial charge is 0.0991 e. The molecular weight excluding hydrogens is 188 g/mol. The van der Waals surface area contributed by atoms with Crippen molar-refractivity contribution in [2.75, 3.05) is 20.2 Å². The molecule has 1 aromatic carbocycles. The van der Waals surface area contributed by atoms with E-state index in [4.69, 9.17) is 10.4 Å². The van der Waals surface area contributed by atoms with E-state index in [1.165, 1.54) is 5.56 Å². The van der Waals surface area contributed by atoms with Gasteiger partial charge < -0.3 is 10.0 Å². The van der Waals surface area contributed by atoms with E-state index in [1.807, 2.05) is 31.3 Å². The van der Waals surface area contributed by atoms with Gasteiger partial charge in [0.05, 0.1) is 11.6 Å². The second-order valence-corrected chi connectivity index (χ2v) is 3.62. The van der Waals surface area contributed by atoms with E-state index >= 15 is 0 Å². The van der Waals surface area contributed by atoms with E-state index in [1.54, 1.807) is 0 Å². The molecule has 0 spiro atoms. The molecule has 0 amide bonds. The van der Waals surface area contributed by atoms with Crippen molar-refractivity contribution in [3.05, 3.63) is 35.4 Å². The highest BCUT2D eigenvalue weighted by molar-refractivity contribution is 5.31. The molecule has 0 unspecified atom stereocenters. The summed E-state index contributed by atoms with van der Waals surface area (Å²) in [5.74, 6) is 0. The molecule has 1 aromatic rings. The zero-order chi connectivity index (χ0) is 11.1. The largest absolute Gasteiger partial charge is 0.396 e. The molecule has 0 aromatic heterocycles. The van der Waals surface area contributed by atoms with Crippen molar-refractivity contribution in [3.63, 3.8) is 0 Å². The van der Waals surface area contributed by atoms with E-state index in [-0.39, 0.29) is 6.61 Å². The minimum Gasteiger partial charge on any atom is -0.396 e. The van der Waals surface area contributed by atoms with Crippen LogP contribution in [0.25, 0.3) is 0 Å². The van der Waals surface area contributed by atoms with Crippen LogP contribution in [0.4, 0.5) is 0 Å². The van der Waals surface area contributed by atoms with Gasteiger partial charge in [0.15, 0.2) is 0 Å². The molecular formula is C12H16N2O. The zero-order valence-electron chi connectivity index (χ0n) is 8.98. The third kappa shape index (κ3) is 4.11. The van der Waals surface area contributed by atoms with E-state index in [2.05, 4.69) is 11.0 Å². The Bertz CT molecular complexity index is 326. The van der Waals surface area contributed by atoms with Crippen LogP contribution in [0.2, 0.25) is 0 Å². The Morgan fingerprint density at radius 2 is 2.00 bits per heavy atom. The summed E-state index contributed by atoms with van der Waals surface area (Å²) >= 11 is 0. The lowest BCUT2D eigenvalue weighted by atomic mass is 10.1. The molecule has 0 saturated carbocycles. The van der Waals surface area contributed by atoms with Crippen molar-refractivity contribution >= 4 is 0 Å². The Morgan fingerprint density at radius 1 is 1.33 bits per heavy atom. The van der Waals surface area contributed by atoms with E-state index in [9.17, 15) is 0 Å². The van der Waals surface area contributed by atoms with E-state index in [0.717, 1.165) is 19.5 Å². The first-order chi connectivity index (χ1) is 7.26. The Kier molecular flexibility index (Phi) is 4.82. The summed E-state index contributed by atoms with van der Waals surface area (Å²) in [7, 11) is 2.02. The fourth-order valence-corrected chi connectivity index (χ4v) is 1.42. The van der Waals surface area contributed by atoms with E-state index < -0.39 is 0 Å². The van der Waals surface area contributed by atoms with Crippen LogP contribution in [0.15, 0.2) is 24.3 Å². The molecule has 15 heavy (non-hydrogen) atoms. The van der Waals surface area contributed by atoms with Crippen molar-refractivity contribution in [1.29, 1.82) is 5.26 Å². The molecule has 1 rings (SSSR count). The SMILES string of the molecule is CN(CCCO)Cc1ccc(C#N)cc1. The molecule has 0 aliphatic rings. The zero-order valence-corrected chi connectivity index (χ0v) is 8.98. The Hall–Kier alpha value is -1.37. The Balaban J connectivity index is 2.47. The van der Waals surface area contributed by atoms with Crippen molar-refractivity contribution in [2.45, 2.75) is 13.0 Å². The predicted molar refractivity (Wildman–Crippen MR) is 59.2 cm³/mol. The van der Waals surface area contributed by atoms with Crippen LogP contribution in [0.5, 0.6) is 0 Å². The number of aliphatic hydroxyl groups excluding tert-OH is 1. The number of hydrogen-bond donors (Lipinski definition) is 1. The summed E-state index contributed by atoms with van der Waals surface area (Å²) in [5.41, 5.74) is 1.88. The third-order valence-corrected chi connectivity index (χ3v) is 2.23. The maximum Gasteiger partial charge on any atom is 0.0991 e. The third-order valence-electron chi connectivity index (χ3n) is 2.23. The fourth-order valence-electron chi connectivity index (χ4n) is 1.42. The van der Waals surface area contributed by atoms with Gasteiger partial charge in [-0.25, -0.2) is 0 Å². The molecule has 0 heterocycles. The highest BCUT2D eigenvalue weighted by Gasteiger charge is 1.99. The highest BCUT2D eigenvalue weighted by atomic mass is 16.3. The Labute approximate surface area is 90.6 Å². The normalized spacial score (nSPS) is 10.3. The fraction of sp³-hybridized carbons (Fsp3) is 0.417. The number of rotatable bonds is 5. The van der Waals surface area contributed by atoms with Gasteiger partial charge in [0.1, 0.15) is 0 Å². The average Bonchev–Trinajstić information content (AvgIpc) is 2.27. The standard InChI is InChI=1S/C12H16N2O/c1-14(7-2-8-15)10-12-5-3-11(9-13)4-6-12/h3-6,15H,2,7-8,10H2,1H3. The van der Waals surface area contributed by atoms with Gasteiger partial charge in [-0.3, -0.25) is 0 Å². The summed E-state index contributed by atoms with van der Waals surface area (Å²) in [6, 6.07) is 9.68. The number of aliphatic hydroxyl groups is 1. The monoisotopic (exact) mass is 204 g/mol. The van der Waals surface area contributed by atoms with Crippen LogP contribution < -0.4 is 0 Å². The van der Waals surface area contributed by atoms with Crippen LogP contribution in [-0.2, 0) is 6.54 Å². The van der Waals surface area contributed by atoms with Gasteiger partial charge in [-0.1, -0.05) is 12.1 Å². The lowest BCUT2D eigenvalue weighted by Gasteiger charge is -2.15. The minimum absolute atomic E-state index is 0.234. The molecule has 0 saturated heterocycles. The quantitative estimate of drug-likeness (QED) is 0.788. The van der Waals surface area contributed by atoms with Crippen molar-refractivity contribution in [1.82, 2.24) is 4.90 Å². The average molecular weight is 204 g/mol. The lowest BCUT2D eigenvalue weighted by molar-refractivity contribution is 0.244. The number of hydrogen-bond acceptors (Lipinski definition) is 3. The van der Waals surface area contributed by atoms with Crippen LogP contribution in [0.1, 0.15) is 17.5 Å². The lowest BCUT2D eigenvalue weighted by Crippen LogP contribution is -2.19. The summed E-state index contributed by atoms with van der Waals surface area (Å²) in [5, 5.41) is 17.3.